The van der Waals surface area contributed by atoms with Crippen LogP contribution in [0.2, 0.25) is 0 Å². The molecule has 0 saturated carbocycles. The van der Waals surface area contributed by atoms with Gasteiger partial charge in [0.2, 0.25) is 0 Å². The Hall–Kier alpha value is -2.55. The molecule has 0 amide bonds. The van der Waals surface area contributed by atoms with Crippen LogP contribution in [0.15, 0.2) is 35.1 Å². The SMILES string of the molecule is CCCN1CC=C2C(C#N)=C(N)C(C#N)(C#N)[C@H]([C@@H]3CC=CCC3)[C@@H]2C1. The summed E-state index contributed by atoms with van der Waals surface area (Å²) in [5, 5.41) is 29.8. The van der Waals surface area contributed by atoms with E-state index in [4.69, 9.17) is 5.73 Å². The van der Waals surface area contributed by atoms with Crippen molar-refractivity contribution in [2.45, 2.75) is 32.6 Å². The highest BCUT2D eigenvalue weighted by molar-refractivity contribution is 5.56. The van der Waals surface area contributed by atoms with Crippen LogP contribution < -0.4 is 5.73 Å². The summed E-state index contributed by atoms with van der Waals surface area (Å²) < 4.78 is 0. The first-order valence-electron chi connectivity index (χ1n) is 9.43. The maximum atomic E-state index is 10.0. The van der Waals surface area contributed by atoms with Crippen molar-refractivity contribution in [1.29, 1.82) is 15.8 Å². The molecule has 26 heavy (non-hydrogen) atoms. The molecule has 0 saturated heterocycles. The van der Waals surface area contributed by atoms with E-state index in [1.54, 1.807) is 0 Å². The van der Waals surface area contributed by atoms with Gasteiger partial charge in [-0.3, -0.25) is 4.90 Å². The fourth-order valence-electron chi connectivity index (χ4n) is 5.00. The average Bonchev–Trinajstić information content (AvgIpc) is 2.68. The quantitative estimate of drug-likeness (QED) is 0.791. The molecular formula is C21H25N5. The molecule has 0 spiro atoms. The van der Waals surface area contributed by atoms with Gasteiger partial charge in [-0.25, -0.2) is 0 Å². The van der Waals surface area contributed by atoms with Crippen LogP contribution in [-0.2, 0) is 0 Å². The standard InChI is InChI=1S/C21H25N5/c1-2-9-26-10-8-16-17(11-22)20(25)21(13-23,14-24)19(18(16)12-26)15-6-4-3-5-7-15/h3-4,8,15,18-19H,2,5-7,9-10,12,25H2,1H3/t15-,18-,19-/m1/s1. The van der Waals surface area contributed by atoms with E-state index in [0.717, 1.165) is 50.9 Å². The maximum absolute atomic E-state index is 10.0. The van der Waals surface area contributed by atoms with Crippen molar-refractivity contribution in [2.75, 3.05) is 19.6 Å². The van der Waals surface area contributed by atoms with E-state index in [9.17, 15) is 15.8 Å². The molecule has 3 aliphatic rings. The first-order valence-corrected chi connectivity index (χ1v) is 9.43. The van der Waals surface area contributed by atoms with Gasteiger partial charge < -0.3 is 5.73 Å². The Morgan fingerprint density at radius 3 is 2.62 bits per heavy atom. The van der Waals surface area contributed by atoms with Crippen LogP contribution in [0.5, 0.6) is 0 Å². The normalized spacial score (nSPS) is 30.5. The van der Waals surface area contributed by atoms with Crippen molar-refractivity contribution in [3.8, 4) is 18.2 Å². The van der Waals surface area contributed by atoms with Gasteiger partial charge in [-0.05, 0) is 43.7 Å². The third-order valence-electron chi connectivity index (χ3n) is 6.16. The van der Waals surface area contributed by atoms with Gasteiger partial charge in [0.25, 0.3) is 0 Å². The van der Waals surface area contributed by atoms with Gasteiger partial charge in [0.05, 0.1) is 23.4 Å². The number of fused-ring (bicyclic) bond motifs is 1. The second-order valence-electron chi connectivity index (χ2n) is 7.53. The number of nitrogens with zero attached hydrogens (tertiary/aromatic N) is 4. The topological polar surface area (TPSA) is 101 Å². The molecule has 0 unspecified atom stereocenters. The highest BCUT2D eigenvalue weighted by Gasteiger charge is 2.55. The van der Waals surface area contributed by atoms with Gasteiger partial charge in [-0.2, -0.15) is 15.8 Å². The van der Waals surface area contributed by atoms with E-state index in [1.165, 1.54) is 0 Å². The highest BCUT2D eigenvalue weighted by atomic mass is 15.1. The van der Waals surface area contributed by atoms with Crippen molar-refractivity contribution in [2.24, 2.45) is 28.9 Å². The lowest BCUT2D eigenvalue weighted by molar-refractivity contribution is 0.110. The lowest BCUT2D eigenvalue weighted by Gasteiger charge is -2.48. The number of rotatable bonds is 3. The first kappa shape index (κ1) is 18.2. The molecule has 0 aromatic carbocycles. The van der Waals surface area contributed by atoms with Crippen LogP contribution in [0.1, 0.15) is 32.6 Å². The summed E-state index contributed by atoms with van der Waals surface area (Å²) >= 11 is 0. The summed E-state index contributed by atoms with van der Waals surface area (Å²) in [7, 11) is 0. The molecule has 0 fully saturated rings. The van der Waals surface area contributed by atoms with Crippen molar-refractivity contribution in [1.82, 2.24) is 4.90 Å². The first-order chi connectivity index (χ1) is 12.6. The second kappa shape index (κ2) is 7.36. The maximum Gasteiger partial charge on any atom is 0.187 e. The number of nitrogens with two attached hydrogens (primary N) is 1. The zero-order chi connectivity index (χ0) is 18.7. The summed E-state index contributed by atoms with van der Waals surface area (Å²) in [6.45, 7) is 4.71. The van der Waals surface area contributed by atoms with Crippen LogP contribution in [0.3, 0.4) is 0 Å². The molecule has 5 nitrogen and oxygen atoms in total. The van der Waals surface area contributed by atoms with Gasteiger partial charge in [-0.15, -0.1) is 0 Å². The molecule has 3 atom stereocenters. The molecule has 0 radical (unpaired) electrons. The van der Waals surface area contributed by atoms with Crippen LogP contribution in [0.4, 0.5) is 0 Å². The molecule has 0 aromatic heterocycles. The minimum Gasteiger partial charge on any atom is -0.399 e. The lowest BCUT2D eigenvalue weighted by atomic mass is 9.55. The van der Waals surface area contributed by atoms with Gasteiger partial charge in [-0.1, -0.05) is 25.2 Å². The predicted octanol–water partition coefficient (Wildman–Crippen LogP) is 3.01. The molecule has 134 valence electrons. The van der Waals surface area contributed by atoms with Crippen molar-refractivity contribution >= 4 is 0 Å². The Morgan fingerprint density at radius 2 is 2.04 bits per heavy atom. The molecular weight excluding hydrogens is 322 g/mol. The van der Waals surface area contributed by atoms with Crippen LogP contribution in [0.25, 0.3) is 0 Å². The minimum absolute atomic E-state index is 0.00745. The molecule has 2 aliphatic carbocycles. The summed E-state index contributed by atoms with van der Waals surface area (Å²) in [6, 6.07) is 6.69. The molecule has 0 bridgehead atoms. The van der Waals surface area contributed by atoms with Crippen LogP contribution in [-0.4, -0.2) is 24.5 Å². The Kier molecular flexibility index (Phi) is 5.17. The van der Waals surface area contributed by atoms with E-state index in [2.05, 4.69) is 48.3 Å². The third kappa shape index (κ3) is 2.72. The molecule has 0 aromatic rings. The van der Waals surface area contributed by atoms with Crippen LogP contribution >= 0.6 is 0 Å². The number of hydrogen-bond acceptors (Lipinski definition) is 5. The van der Waals surface area contributed by atoms with Gasteiger partial charge >= 0.3 is 0 Å². The number of hydrogen-bond donors (Lipinski definition) is 1. The fourth-order valence-corrected chi connectivity index (χ4v) is 5.00. The molecule has 1 aliphatic heterocycles. The van der Waals surface area contributed by atoms with Crippen molar-refractivity contribution in [3.63, 3.8) is 0 Å². The van der Waals surface area contributed by atoms with E-state index >= 15 is 0 Å². The number of allylic oxidation sites excluding steroid dienone is 4. The molecule has 3 rings (SSSR count). The number of nitriles is 3. The Bertz CT molecular complexity index is 769. The predicted molar refractivity (Wildman–Crippen MR) is 98.8 cm³/mol. The zero-order valence-corrected chi connectivity index (χ0v) is 15.3. The second-order valence-corrected chi connectivity index (χ2v) is 7.53. The zero-order valence-electron chi connectivity index (χ0n) is 15.3. The van der Waals surface area contributed by atoms with Gasteiger partial charge in [0.1, 0.15) is 6.07 Å². The third-order valence-corrected chi connectivity index (χ3v) is 6.16. The van der Waals surface area contributed by atoms with Crippen molar-refractivity contribution < 1.29 is 0 Å². The highest BCUT2D eigenvalue weighted by Crippen LogP contribution is 2.54. The smallest absolute Gasteiger partial charge is 0.187 e. The average molecular weight is 347 g/mol. The van der Waals surface area contributed by atoms with Gasteiger partial charge in [0, 0.05) is 24.9 Å². The van der Waals surface area contributed by atoms with Crippen LogP contribution in [0, 0.1) is 57.2 Å². The Morgan fingerprint density at radius 1 is 1.27 bits per heavy atom. The summed E-state index contributed by atoms with van der Waals surface area (Å²) in [5.74, 6) is 0.0616. The van der Waals surface area contributed by atoms with E-state index in [-0.39, 0.29) is 23.5 Å². The minimum atomic E-state index is -1.42. The lowest BCUT2D eigenvalue weighted by Crippen LogP contribution is -2.52. The van der Waals surface area contributed by atoms with E-state index in [0.29, 0.717) is 5.57 Å². The largest absolute Gasteiger partial charge is 0.399 e. The van der Waals surface area contributed by atoms with Crippen molar-refractivity contribution in [3.05, 3.63) is 35.1 Å². The van der Waals surface area contributed by atoms with Gasteiger partial charge in [0.15, 0.2) is 5.41 Å². The fraction of sp³-hybridized carbons (Fsp3) is 0.571. The molecule has 2 N–H and O–H groups in total. The summed E-state index contributed by atoms with van der Waals surface area (Å²) in [5.41, 5.74) is 6.39. The van der Waals surface area contributed by atoms with E-state index in [1.807, 2.05) is 0 Å². The Balaban J connectivity index is 2.16. The summed E-state index contributed by atoms with van der Waals surface area (Å²) in [6.07, 6.45) is 10.3. The molecule has 5 heteroatoms. The summed E-state index contributed by atoms with van der Waals surface area (Å²) in [4.78, 5) is 2.36. The molecule has 1 heterocycles. The monoisotopic (exact) mass is 347 g/mol. The Labute approximate surface area is 155 Å². The van der Waals surface area contributed by atoms with E-state index < -0.39 is 5.41 Å².